The van der Waals surface area contributed by atoms with Gasteiger partial charge in [0.2, 0.25) is 0 Å². The molecule has 1 nitrogen and oxygen atoms in total. The molecule has 0 aliphatic carbocycles. The Morgan fingerprint density at radius 1 is 0.893 bits per heavy atom. The second-order valence-electron chi connectivity index (χ2n) is 6.66. The van der Waals surface area contributed by atoms with E-state index in [9.17, 15) is 0 Å². The Kier molecular flexibility index (Phi) is 17.3. The van der Waals surface area contributed by atoms with Crippen molar-refractivity contribution < 1.29 is 20.0 Å². The number of nitrogens with one attached hydrogen (secondary N) is 1. The van der Waals surface area contributed by atoms with Gasteiger partial charge in [-0.3, -0.25) is 0 Å². The summed E-state index contributed by atoms with van der Waals surface area (Å²) in [7, 11) is 0. The molecule has 4 heteroatoms. The van der Waals surface area contributed by atoms with Crippen LogP contribution in [0.15, 0.2) is 72.8 Å². The van der Waals surface area contributed by atoms with Crippen LogP contribution in [0.25, 0.3) is 21.7 Å². The molecule has 0 atom stereocenters. The van der Waals surface area contributed by atoms with Gasteiger partial charge in [-0.05, 0) is 0 Å². The predicted octanol–water partition coefficient (Wildman–Crippen LogP) is 7.74. The first-order chi connectivity index (χ1) is 12.4. The van der Waals surface area contributed by atoms with E-state index in [1.54, 1.807) is 0 Å². The molecule has 0 spiro atoms. The Hall–Kier alpha value is -1.25. The zero-order valence-electron chi connectivity index (χ0n) is 17.2. The van der Waals surface area contributed by atoms with Gasteiger partial charge >= 0.3 is 37.6 Å². The Labute approximate surface area is 194 Å². The number of para-hydroxylation sites is 1. The zero-order valence-corrected chi connectivity index (χ0v) is 20.4. The number of halogens is 2. The topological polar surface area (TPSA) is 15.8 Å². The van der Waals surface area contributed by atoms with E-state index >= 15 is 0 Å². The summed E-state index contributed by atoms with van der Waals surface area (Å²) in [5, 5.41) is 3.88. The number of aromatic nitrogens is 1. The van der Waals surface area contributed by atoms with Crippen molar-refractivity contribution in [3.05, 3.63) is 84.9 Å². The largest absolute Gasteiger partial charge is 0.477 e. The van der Waals surface area contributed by atoms with Crippen LogP contribution in [0, 0.1) is 12.1 Å². The zero-order chi connectivity index (χ0) is 19.4. The van der Waals surface area contributed by atoms with Crippen LogP contribution in [-0.2, 0) is 20.0 Å². The fourth-order valence-electron chi connectivity index (χ4n) is 2.00. The van der Waals surface area contributed by atoms with Crippen molar-refractivity contribution in [2.24, 2.45) is 0 Å². The Morgan fingerprint density at radius 2 is 1.39 bits per heavy atom. The molecular weight excluding hydrogens is 421 g/mol. The molecule has 1 heterocycles. The second-order valence-corrected chi connectivity index (χ2v) is 8.22. The van der Waals surface area contributed by atoms with Crippen molar-refractivity contribution in [3.8, 4) is 0 Å². The van der Waals surface area contributed by atoms with Crippen molar-refractivity contribution in [1.29, 1.82) is 0 Å². The number of rotatable bonds is 0. The first-order valence-electron chi connectivity index (χ1n) is 8.73. The van der Waals surface area contributed by atoms with Gasteiger partial charge in [-0.25, -0.2) is 0 Å². The molecule has 0 unspecified atom stereocenters. The summed E-state index contributed by atoms with van der Waals surface area (Å²) in [6.45, 7) is 10.4. The SMILES string of the molecule is C[C-](C)C.C[C](C)=[Ti].Cl.Cl.[c-]1cc2ccccc2[nH]1.c1ccc2[cH-]ccc2c1. The van der Waals surface area contributed by atoms with E-state index in [2.05, 4.69) is 114 Å². The Bertz CT molecular complexity index is 760. The normalized spacial score (nSPS) is 8.75. The van der Waals surface area contributed by atoms with Crippen molar-refractivity contribution in [2.75, 3.05) is 0 Å². The van der Waals surface area contributed by atoms with Gasteiger partial charge in [0.15, 0.2) is 0 Å². The number of aromatic amines is 1. The molecule has 0 aliphatic heterocycles. The second kappa shape index (κ2) is 16.7. The Morgan fingerprint density at radius 3 is 1.93 bits per heavy atom. The predicted molar refractivity (Wildman–Crippen MR) is 128 cm³/mol. The minimum atomic E-state index is 0. The van der Waals surface area contributed by atoms with E-state index < -0.39 is 0 Å². The van der Waals surface area contributed by atoms with Gasteiger partial charge < -0.3 is 10.9 Å². The molecule has 4 rings (SSSR count). The van der Waals surface area contributed by atoms with E-state index in [-0.39, 0.29) is 24.8 Å². The molecule has 0 saturated heterocycles. The number of benzene rings is 2. The van der Waals surface area contributed by atoms with Crippen LogP contribution in [0.1, 0.15) is 34.6 Å². The van der Waals surface area contributed by atoms with Crippen LogP contribution in [-0.4, -0.2) is 8.80 Å². The van der Waals surface area contributed by atoms with Crippen LogP contribution in [0.4, 0.5) is 0 Å². The minimum Gasteiger partial charge on any atom is -0.477 e. The van der Waals surface area contributed by atoms with E-state index in [1.165, 1.54) is 25.9 Å². The molecule has 0 amide bonds. The fourth-order valence-corrected chi connectivity index (χ4v) is 2.00. The van der Waals surface area contributed by atoms with Gasteiger partial charge in [0.25, 0.3) is 0 Å². The summed E-state index contributed by atoms with van der Waals surface area (Å²) in [6, 6.07) is 24.7. The molecule has 0 bridgehead atoms. The quantitative estimate of drug-likeness (QED) is 0.208. The van der Waals surface area contributed by atoms with E-state index in [0.29, 0.717) is 0 Å². The van der Waals surface area contributed by atoms with E-state index in [1.807, 2.05) is 24.3 Å². The maximum Gasteiger partial charge on any atom is -0.0745 e. The van der Waals surface area contributed by atoms with Crippen molar-refractivity contribution in [2.45, 2.75) is 34.6 Å². The summed E-state index contributed by atoms with van der Waals surface area (Å²) in [6.07, 6.45) is 2.91. The monoisotopic (exact) mass is 450 g/mol. The summed E-state index contributed by atoms with van der Waals surface area (Å²) in [5.74, 6) is 1.42. The van der Waals surface area contributed by atoms with Crippen LogP contribution in [0.2, 0.25) is 0 Å². The molecule has 0 fully saturated rings. The molecule has 0 saturated carbocycles. The first kappa shape index (κ1) is 29.0. The van der Waals surface area contributed by atoms with Gasteiger partial charge in [-0.15, -0.1) is 78.3 Å². The van der Waals surface area contributed by atoms with Crippen LogP contribution in [0.3, 0.4) is 0 Å². The maximum atomic E-state index is 2.99. The number of hydrogen-bond donors (Lipinski definition) is 1. The third kappa shape index (κ3) is 13.0. The third-order valence-electron chi connectivity index (χ3n) is 2.94. The van der Waals surface area contributed by atoms with Gasteiger partial charge in [0, 0.05) is 0 Å². The van der Waals surface area contributed by atoms with Crippen LogP contribution >= 0.6 is 24.8 Å². The van der Waals surface area contributed by atoms with Crippen molar-refractivity contribution in [3.63, 3.8) is 0 Å². The van der Waals surface area contributed by atoms with Crippen molar-refractivity contribution >= 4 is 50.3 Å². The summed E-state index contributed by atoms with van der Waals surface area (Å²) < 4.78 is 1.42. The molecule has 152 valence electrons. The molecule has 4 aromatic rings. The van der Waals surface area contributed by atoms with E-state index in [0.717, 1.165) is 5.52 Å². The van der Waals surface area contributed by atoms with E-state index in [4.69, 9.17) is 0 Å². The minimum absolute atomic E-state index is 0. The van der Waals surface area contributed by atoms with Gasteiger partial charge in [0.05, 0.1) is 0 Å². The van der Waals surface area contributed by atoms with Gasteiger partial charge in [0.1, 0.15) is 0 Å². The maximum absolute atomic E-state index is 2.99. The van der Waals surface area contributed by atoms with Crippen molar-refractivity contribution in [1.82, 2.24) is 4.98 Å². The van der Waals surface area contributed by atoms with Gasteiger partial charge in [-0.2, -0.15) is 49.7 Å². The first-order valence-corrected chi connectivity index (χ1v) is 9.51. The van der Waals surface area contributed by atoms with Crippen LogP contribution in [0.5, 0.6) is 0 Å². The molecule has 3 aromatic carbocycles. The van der Waals surface area contributed by atoms with Gasteiger partial charge in [-0.1, -0.05) is 18.2 Å². The molecule has 0 aliphatic rings. The molecule has 28 heavy (non-hydrogen) atoms. The molecule has 1 N–H and O–H groups in total. The molecular formula is C24H30Cl2NTi-3. The number of hydrogen-bond acceptors (Lipinski definition) is 0. The molecule has 0 radical (unpaired) electrons. The summed E-state index contributed by atoms with van der Waals surface area (Å²) in [5.41, 5.74) is 1.15. The smallest absolute Gasteiger partial charge is 0.0745 e. The fraction of sp³-hybridized carbons (Fsp3) is 0.208. The average molecular weight is 451 g/mol. The van der Waals surface area contributed by atoms with Crippen LogP contribution < -0.4 is 0 Å². The summed E-state index contributed by atoms with van der Waals surface area (Å²) in [4.78, 5) is 2.99. The average Bonchev–Trinajstić information content (AvgIpc) is 3.23. The number of fused-ring (bicyclic) bond motifs is 2. The number of H-pyrrole nitrogens is 1. The Balaban J connectivity index is 0. The third-order valence-corrected chi connectivity index (χ3v) is 2.94. The summed E-state index contributed by atoms with van der Waals surface area (Å²) >= 11 is 2.08. The molecule has 1 aromatic heterocycles. The standard InChI is InChI=1S/C9H7.C8H6N.C4H9.C3H6.2ClH.Ti/c1-2-5-9-7-3-6-8(9)4-1;1-2-4-8-7(3-1)5-6-9-8;1-4(2)3;1-3-2;;;/h1-7H;1-5,9H;1-3H3;1-2H3;2*1H;/q3*-1;;;;.